The Labute approximate surface area is 225 Å². The molecule has 1 atom stereocenters. The number of methoxy groups -OCH3 is 1. The highest BCUT2D eigenvalue weighted by atomic mass is 79.9. The van der Waals surface area contributed by atoms with E-state index in [1.807, 2.05) is 47.4 Å². The van der Waals surface area contributed by atoms with Crippen LogP contribution in [0.25, 0.3) is 0 Å². The number of hydrogen-bond acceptors (Lipinski definition) is 6. The highest BCUT2D eigenvalue weighted by Crippen LogP contribution is 2.50. The summed E-state index contributed by atoms with van der Waals surface area (Å²) in [6.45, 7) is 5.35. The van der Waals surface area contributed by atoms with Crippen LogP contribution in [-0.2, 0) is 16.1 Å². The second-order valence-electron chi connectivity index (χ2n) is 9.89. The molecule has 0 aromatic heterocycles. The lowest BCUT2D eigenvalue weighted by Gasteiger charge is -2.44. The van der Waals surface area contributed by atoms with Crippen LogP contribution in [0.15, 0.2) is 69.6 Å². The molecule has 0 radical (unpaired) electrons. The number of hydrogen-bond donors (Lipinski definition) is 1. The van der Waals surface area contributed by atoms with Gasteiger partial charge in [0.1, 0.15) is 18.2 Å². The predicted octanol–water partition coefficient (Wildman–Crippen LogP) is 6.06. The third kappa shape index (κ3) is 5.31. The molecule has 4 rings (SSSR count). The van der Waals surface area contributed by atoms with Gasteiger partial charge in [-0.3, -0.25) is 4.79 Å². The zero-order chi connectivity index (χ0) is 26.0. The average molecular weight is 571 g/mol. The Kier molecular flexibility index (Phi) is 7.79. The molecule has 188 valence electrons. The third-order valence-corrected chi connectivity index (χ3v) is 7.34. The lowest BCUT2D eigenvalue weighted by Crippen LogP contribution is -2.43. The van der Waals surface area contributed by atoms with Crippen LogP contribution in [0.3, 0.4) is 0 Å². The van der Waals surface area contributed by atoms with Crippen molar-refractivity contribution in [2.45, 2.75) is 39.2 Å². The number of benzene rings is 2. The number of ketones is 1. The molecule has 2 aliphatic rings. The molecule has 1 aliphatic carbocycles. The molecule has 0 unspecified atom stereocenters. The van der Waals surface area contributed by atoms with Crippen molar-refractivity contribution >= 4 is 33.3 Å². The van der Waals surface area contributed by atoms with E-state index in [1.54, 1.807) is 7.11 Å². The van der Waals surface area contributed by atoms with Crippen molar-refractivity contribution in [3.8, 4) is 11.8 Å². The predicted molar refractivity (Wildman–Crippen MR) is 143 cm³/mol. The molecule has 2 aromatic carbocycles. The van der Waals surface area contributed by atoms with Crippen LogP contribution in [0.4, 0.5) is 0 Å². The van der Waals surface area contributed by atoms with Crippen LogP contribution in [0, 0.1) is 16.7 Å². The molecule has 36 heavy (non-hydrogen) atoms. The van der Waals surface area contributed by atoms with Gasteiger partial charge < -0.3 is 20.1 Å². The van der Waals surface area contributed by atoms with Crippen molar-refractivity contribution in [3.63, 3.8) is 0 Å². The van der Waals surface area contributed by atoms with Crippen molar-refractivity contribution in [3.05, 3.63) is 85.8 Å². The molecule has 6 nitrogen and oxygen atoms in total. The van der Waals surface area contributed by atoms with E-state index in [-0.39, 0.29) is 11.2 Å². The van der Waals surface area contributed by atoms with Crippen molar-refractivity contribution in [2.24, 2.45) is 11.1 Å². The average Bonchev–Trinajstić information content (AvgIpc) is 2.82. The number of nitrogens with zero attached hydrogens (tertiary/aromatic N) is 2. The summed E-state index contributed by atoms with van der Waals surface area (Å²) in [7, 11) is 1.62. The number of carbonyl (C=O) groups is 1. The molecule has 2 N–H and O–H groups in total. The minimum Gasteiger partial charge on any atom is -0.489 e. The van der Waals surface area contributed by atoms with Gasteiger partial charge in [-0.2, -0.15) is 5.26 Å². The molecule has 0 saturated carbocycles. The summed E-state index contributed by atoms with van der Waals surface area (Å²) in [4.78, 5) is 15.6. The third-order valence-electron chi connectivity index (χ3n) is 6.60. The largest absolute Gasteiger partial charge is 0.489 e. The van der Waals surface area contributed by atoms with Gasteiger partial charge in [-0.25, -0.2) is 0 Å². The zero-order valence-electron chi connectivity index (χ0n) is 20.6. The fraction of sp³-hybridized carbons (Fsp3) is 0.357. The quantitative estimate of drug-likeness (QED) is 0.435. The van der Waals surface area contributed by atoms with Gasteiger partial charge in [0.15, 0.2) is 5.78 Å². The second-order valence-corrected chi connectivity index (χ2v) is 11.2. The number of carbonyl (C=O) groups excluding carboxylic acids is 1. The Morgan fingerprint density at radius 1 is 1.22 bits per heavy atom. The minimum absolute atomic E-state index is 0.0255. The summed E-state index contributed by atoms with van der Waals surface area (Å²) in [5.74, 6) is 0.351. The van der Waals surface area contributed by atoms with Gasteiger partial charge in [-0.15, -0.1) is 0 Å². The standard InChI is InChI=1S/C28H29BrClN3O3/c1-28(2)13-22-26(23(34)14-28)25(21(15-31)27(32)33(22)10-11-35-3)20-12-18(29)6-9-24(20)36-16-17-4-7-19(30)8-5-17/h4-9,12,25H,10-11,13-14,16,32H2,1-3H3/t25-/m0/s1. The van der Waals surface area contributed by atoms with E-state index in [0.717, 1.165) is 21.3 Å². The summed E-state index contributed by atoms with van der Waals surface area (Å²) >= 11 is 9.58. The summed E-state index contributed by atoms with van der Waals surface area (Å²) in [5, 5.41) is 10.9. The van der Waals surface area contributed by atoms with Crippen LogP contribution in [0.1, 0.15) is 43.7 Å². The van der Waals surface area contributed by atoms with E-state index < -0.39 is 5.92 Å². The first-order valence-electron chi connectivity index (χ1n) is 11.7. The fourth-order valence-corrected chi connectivity index (χ4v) is 5.45. The minimum atomic E-state index is -0.620. The normalized spacial score (nSPS) is 19.3. The summed E-state index contributed by atoms with van der Waals surface area (Å²) in [6.07, 6.45) is 1.07. The topological polar surface area (TPSA) is 88.6 Å². The number of allylic oxidation sites excluding steroid dienone is 3. The maximum absolute atomic E-state index is 13.7. The molecule has 1 aliphatic heterocycles. The Morgan fingerprint density at radius 2 is 1.94 bits per heavy atom. The molecule has 1 heterocycles. The molecule has 0 spiro atoms. The fourth-order valence-electron chi connectivity index (χ4n) is 4.94. The highest BCUT2D eigenvalue weighted by molar-refractivity contribution is 9.10. The van der Waals surface area contributed by atoms with Gasteiger partial charge in [0.25, 0.3) is 0 Å². The van der Waals surface area contributed by atoms with Crippen molar-refractivity contribution in [1.82, 2.24) is 4.90 Å². The van der Waals surface area contributed by atoms with E-state index in [9.17, 15) is 10.1 Å². The lowest BCUT2D eigenvalue weighted by molar-refractivity contribution is -0.118. The Morgan fingerprint density at radius 3 is 2.61 bits per heavy atom. The second kappa shape index (κ2) is 10.7. The van der Waals surface area contributed by atoms with E-state index in [1.165, 1.54) is 0 Å². The number of Topliss-reactive ketones (excluding diaryl/α,β-unsaturated/α-hetero) is 1. The van der Waals surface area contributed by atoms with E-state index in [4.69, 9.17) is 26.8 Å². The van der Waals surface area contributed by atoms with Gasteiger partial charge >= 0.3 is 0 Å². The van der Waals surface area contributed by atoms with Crippen LogP contribution >= 0.6 is 27.5 Å². The molecule has 8 heteroatoms. The first-order chi connectivity index (χ1) is 17.1. The lowest BCUT2D eigenvalue weighted by atomic mass is 9.68. The van der Waals surface area contributed by atoms with E-state index >= 15 is 0 Å². The highest BCUT2D eigenvalue weighted by Gasteiger charge is 2.45. The number of nitrogens with two attached hydrogens (primary N) is 1. The van der Waals surface area contributed by atoms with Crippen molar-refractivity contribution in [1.29, 1.82) is 5.26 Å². The monoisotopic (exact) mass is 569 g/mol. The maximum Gasteiger partial charge on any atom is 0.162 e. The number of nitriles is 1. The molecular formula is C28H29BrClN3O3. The molecule has 2 aromatic rings. The maximum atomic E-state index is 13.7. The van der Waals surface area contributed by atoms with Crippen LogP contribution in [0.2, 0.25) is 5.02 Å². The molecular weight excluding hydrogens is 542 g/mol. The Bertz CT molecular complexity index is 1280. The van der Waals surface area contributed by atoms with Crippen LogP contribution < -0.4 is 10.5 Å². The first kappa shape index (κ1) is 26.3. The molecule has 0 amide bonds. The van der Waals surface area contributed by atoms with Gasteiger partial charge in [-0.1, -0.05) is 53.5 Å². The van der Waals surface area contributed by atoms with Gasteiger partial charge in [-0.05, 0) is 47.7 Å². The number of halogens is 2. The summed E-state index contributed by atoms with van der Waals surface area (Å²) in [6, 6.07) is 15.4. The number of ether oxygens (including phenoxy) is 2. The van der Waals surface area contributed by atoms with Gasteiger partial charge in [0.2, 0.25) is 0 Å². The van der Waals surface area contributed by atoms with Crippen molar-refractivity contribution in [2.75, 3.05) is 20.3 Å². The SMILES string of the molecule is COCCN1C(N)=C(C#N)[C@H](c2cc(Br)ccc2OCc2ccc(Cl)cc2)C2=C1CC(C)(C)CC2=O. The van der Waals surface area contributed by atoms with Crippen LogP contribution in [0.5, 0.6) is 5.75 Å². The molecule has 0 bridgehead atoms. The summed E-state index contributed by atoms with van der Waals surface area (Å²) < 4.78 is 12.4. The Balaban J connectivity index is 1.84. The Hall–Kier alpha value is -2.79. The number of rotatable bonds is 7. The zero-order valence-corrected chi connectivity index (χ0v) is 22.9. The van der Waals surface area contributed by atoms with E-state index in [0.29, 0.717) is 60.3 Å². The molecule has 0 fully saturated rings. The van der Waals surface area contributed by atoms with Gasteiger partial charge in [0.05, 0.1) is 24.2 Å². The van der Waals surface area contributed by atoms with Crippen LogP contribution in [-0.4, -0.2) is 30.9 Å². The molecule has 0 saturated heterocycles. The summed E-state index contributed by atoms with van der Waals surface area (Å²) in [5.41, 5.74) is 9.90. The van der Waals surface area contributed by atoms with Crippen molar-refractivity contribution < 1.29 is 14.3 Å². The first-order valence-corrected chi connectivity index (χ1v) is 12.9. The van der Waals surface area contributed by atoms with E-state index in [2.05, 4.69) is 35.8 Å². The van der Waals surface area contributed by atoms with Gasteiger partial charge in [0, 0.05) is 46.4 Å². The smallest absolute Gasteiger partial charge is 0.162 e.